The van der Waals surface area contributed by atoms with Crippen LogP contribution < -0.4 is 5.73 Å². The average molecular weight is 363 g/mol. The standard InChI is InChI=1S/C13H14BrCl2N3/c1-7(2)19-13(8(14)6-18-19)12(17)11-9(15)4-3-5-10(11)16/h3-7,12H,17H2,1-2H3. The second-order valence-corrected chi connectivity index (χ2v) is 6.20. The molecule has 1 aromatic heterocycles. The Morgan fingerprint density at radius 3 is 2.37 bits per heavy atom. The maximum atomic E-state index is 6.34. The molecule has 0 saturated carbocycles. The summed E-state index contributed by atoms with van der Waals surface area (Å²) in [6.07, 6.45) is 1.74. The van der Waals surface area contributed by atoms with Crippen LogP contribution in [-0.4, -0.2) is 9.78 Å². The SMILES string of the molecule is CC(C)n1ncc(Br)c1C(N)c1c(Cl)cccc1Cl. The second-order valence-electron chi connectivity index (χ2n) is 4.53. The van der Waals surface area contributed by atoms with Crippen LogP contribution in [0, 0.1) is 0 Å². The Kier molecular flexibility index (Phi) is 4.56. The van der Waals surface area contributed by atoms with Gasteiger partial charge in [-0.15, -0.1) is 0 Å². The van der Waals surface area contributed by atoms with Crippen molar-refractivity contribution in [2.24, 2.45) is 5.73 Å². The second kappa shape index (κ2) is 5.83. The van der Waals surface area contributed by atoms with Crippen molar-refractivity contribution in [1.29, 1.82) is 0 Å². The number of rotatable bonds is 3. The third kappa shape index (κ3) is 2.82. The number of benzene rings is 1. The van der Waals surface area contributed by atoms with Crippen LogP contribution in [0.15, 0.2) is 28.9 Å². The summed E-state index contributed by atoms with van der Waals surface area (Å²) in [7, 11) is 0. The Balaban J connectivity index is 2.56. The molecule has 0 aliphatic heterocycles. The van der Waals surface area contributed by atoms with Crippen LogP contribution in [0.5, 0.6) is 0 Å². The van der Waals surface area contributed by atoms with E-state index in [1.807, 2.05) is 18.5 Å². The molecule has 2 rings (SSSR count). The van der Waals surface area contributed by atoms with Crippen molar-refractivity contribution in [3.8, 4) is 0 Å². The molecule has 0 aliphatic rings. The Morgan fingerprint density at radius 2 is 1.84 bits per heavy atom. The maximum absolute atomic E-state index is 6.34. The molecule has 1 aromatic carbocycles. The lowest BCUT2D eigenvalue weighted by Gasteiger charge is -2.19. The predicted molar refractivity (Wildman–Crippen MR) is 82.8 cm³/mol. The fourth-order valence-corrected chi connectivity index (χ4v) is 3.15. The lowest BCUT2D eigenvalue weighted by Crippen LogP contribution is -2.20. The van der Waals surface area contributed by atoms with Crippen molar-refractivity contribution in [2.75, 3.05) is 0 Å². The number of halogens is 3. The van der Waals surface area contributed by atoms with E-state index in [0.29, 0.717) is 15.6 Å². The van der Waals surface area contributed by atoms with Crippen molar-refractivity contribution in [1.82, 2.24) is 9.78 Å². The molecule has 0 aliphatic carbocycles. The minimum Gasteiger partial charge on any atom is -0.319 e. The van der Waals surface area contributed by atoms with E-state index in [4.69, 9.17) is 28.9 Å². The molecule has 102 valence electrons. The van der Waals surface area contributed by atoms with Gasteiger partial charge >= 0.3 is 0 Å². The largest absolute Gasteiger partial charge is 0.319 e. The predicted octanol–water partition coefficient (Wildman–Crippen LogP) is 4.58. The highest BCUT2D eigenvalue weighted by Gasteiger charge is 2.23. The molecule has 0 fully saturated rings. The molecule has 0 amide bonds. The van der Waals surface area contributed by atoms with Crippen LogP contribution in [0.4, 0.5) is 0 Å². The summed E-state index contributed by atoms with van der Waals surface area (Å²) < 4.78 is 2.72. The highest BCUT2D eigenvalue weighted by Crippen LogP contribution is 2.36. The smallest absolute Gasteiger partial charge is 0.0764 e. The van der Waals surface area contributed by atoms with Gasteiger partial charge in [-0.05, 0) is 41.9 Å². The van der Waals surface area contributed by atoms with E-state index in [1.165, 1.54) is 0 Å². The zero-order valence-electron chi connectivity index (χ0n) is 10.6. The lowest BCUT2D eigenvalue weighted by molar-refractivity contribution is 0.498. The molecular formula is C13H14BrCl2N3. The van der Waals surface area contributed by atoms with Crippen LogP contribution in [0.25, 0.3) is 0 Å². The molecule has 19 heavy (non-hydrogen) atoms. The van der Waals surface area contributed by atoms with Gasteiger partial charge in [-0.25, -0.2) is 0 Å². The molecule has 1 atom stereocenters. The molecule has 0 spiro atoms. The first-order valence-corrected chi connectivity index (χ1v) is 7.40. The van der Waals surface area contributed by atoms with E-state index in [2.05, 4.69) is 21.0 Å². The zero-order valence-corrected chi connectivity index (χ0v) is 13.7. The number of hydrogen-bond donors (Lipinski definition) is 1. The van der Waals surface area contributed by atoms with Gasteiger partial charge in [0.25, 0.3) is 0 Å². The van der Waals surface area contributed by atoms with Crippen molar-refractivity contribution in [3.05, 3.63) is 50.2 Å². The van der Waals surface area contributed by atoms with Crippen molar-refractivity contribution in [2.45, 2.75) is 25.9 Å². The molecule has 3 nitrogen and oxygen atoms in total. The summed E-state index contributed by atoms with van der Waals surface area (Å²) in [5.41, 5.74) is 7.92. The van der Waals surface area contributed by atoms with Crippen LogP contribution in [0.3, 0.4) is 0 Å². The summed E-state index contributed by atoms with van der Waals surface area (Å²) in [5, 5.41) is 5.44. The third-order valence-electron chi connectivity index (χ3n) is 2.88. The van der Waals surface area contributed by atoms with Crippen molar-refractivity contribution >= 4 is 39.1 Å². The number of nitrogens with zero attached hydrogens (tertiary/aromatic N) is 2. The molecule has 1 unspecified atom stereocenters. The summed E-state index contributed by atoms with van der Waals surface area (Å²) in [4.78, 5) is 0. The topological polar surface area (TPSA) is 43.8 Å². The molecule has 6 heteroatoms. The Morgan fingerprint density at radius 1 is 1.26 bits per heavy atom. The lowest BCUT2D eigenvalue weighted by atomic mass is 10.0. The Hall–Kier alpha value is -0.550. The molecule has 0 saturated heterocycles. The van der Waals surface area contributed by atoms with Crippen molar-refractivity contribution < 1.29 is 0 Å². The van der Waals surface area contributed by atoms with Crippen molar-refractivity contribution in [3.63, 3.8) is 0 Å². The fourth-order valence-electron chi connectivity index (χ4n) is 2.00. The van der Waals surface area contributed by atoms with Crippen LogP contribution in [0.1, 0.15) is 37.2 Å². The van der Waals surface area contributed by atoms with E-state index in [9.17, 15) is 0 Å². The van der Waals surface area contributed by atoms with E-state index in [0.717, 1.165) is 10.2 Å². The summed E-state index contributed by atoms with van der Waals surface area (Å²) >= 11 is 15.9. The van der Waals surface area contributed by atoms with Gasteiger partial charge in [0, 0.05) is 21.7 Å². The number of aromatic nitrogens is 2. The first kappa shape index (κ1) is 14.9. The molecule has 2 aromatic rings. The first-order valence-electron chi connectivity index (χ1n) is 5.86. The highest BCUT2D eigenvalue weighted by atomic mass is 79.9. The fraction of sp³-hybridized carbons (Fsp3) is 0.308. The third-order valence-corrected chi connectivity index (χ3v) is 4.15. The molecule has 0 bridgehead atoms. The van der Waals surface area contributed by atoms with E-state index in [-0.39, 0.29) is 6.04 Å². The summed E-state index contributed by atoms with van der Waals surface area (Å²) in [5.74, 6) is 0. The number of hydrogen-bond acceptors (Lipinski definition) is 2. The normalized spacial score (nSPS) is 13.0. The molecule has 0 radical (unpaired) electrons. The first-order chi connectivity index (χ1) is 8.93. The Labute approximate surface area is 130 Å². The molecular weight excluding hydrogens is 349 g/mol. The maximum Gasteiger partial charge on any atom is 0.0764 e. The van der Waals surface area contributed by atoms with Gasteiger partial charge in [0.15, 0.2) is 0 Å². The van der Waals surface area contributed by atoms with Crippen LogP contribution in [0.2, 0.25) is 10.0 Å². The number of nitrogens with two attached hydrogens (primary N) is 1. The minimum absolute atomic E-state index is 0.202. The minimum atomic E-state index is -0.430. The van der Waals surface area contributed by atoms with Gasteiger partial charge in [-0.2, -0.15) is 5.10 Å². The van der Waals surface area contributed by atoms with E-state index < -0.39 is 6.04 Å². The summed E-state index contributed by atoms with van der Waals surface area (Å²) in [6.45, 7) is 4.09. The van der Waals surface area contributed by atoms with Gasteiger partial charge in [0.05, 0.1) is 22.4 Å². The molecule has 1 heterocycles. The van der Waals surface area contributed by atoms with Crippen LogP contribution in [-0.2, 0) is 0 Å². The molecule has 2 N–H and O–H groups in total. The highest BCUT2D eigenvalue weighted by molar-refractivity contribution is 9.10. The van der Waals surface area contributed by atoms with E-state index in [1.54, 1.807) is 24.4 Å². The van der Waals surface area contributed by atoms with Gasteiger partial charge in [0.1, 0.15) is 0 Å². The van der Waals surface area contributed by atoms with Gasteiger partial charge < -0.3 is 5.73 Å². The zero-order chi connectivity index (χ0) is 14.2. The van der Waals surface area contributed by atoms with Gasteiger partial charge in [0.2, 0.25) is 0 Å². The average Bonchev–Trinajstić information content (AvgIpc) is 2.70. The summed E-state index contributed by atoms with van der Waals surface area (Å²) in [6, 6.07) is 5.14. The Bertz CT molecular complexity index is 575. The van der Waals surface area contributed by atoms with Gasteiger partial charge in [-0.3, -0.25) is 4.68 Å². The monoisotopic (exact) mass is 361 g/mol. The van der Waals surface area contributed by atoms with Crippen LogP contribution >= 0.6 is 39.1 Å². The van der Waals surface area contributed by atoms with Gasteiger partial charge in [-0.1, -0.05) is 29.3 Å². The quantitative estimate of drug-likeness (QED) is 0.868. The van der Waals surface area contributed by atoms with E-state index >= 15 is 0 Å².